The number of amides is 4. The molecule has 2 aliphatic rings. The molecule has 2 aromatic heterocycles. The summed E-state index contributed by atoms with van der Waals surface area (Å²) in [5.41, 5.74) is 8.98. The van der Waals surface area contributed by atoms with E-state index in [0.29, 0.717) is 35.9 Å². The van der Waals surface area contributed by atoms with Gasteiger partial charge in [0.15, 0.2) is 0 Å². The van der Waals surface area contributed by atoms with E-state index in [0.717, 1.165) is 70.5 Å². The van der Waals surface area contributed by atoms with Crippen LogP contribution in [0.1, 0.15) is 72.6 Å². The van der Waals surface area contributed by atoms with Crippen LogP contribution in [0.3, 0.4) is 0 Å². The summed E-state index contributed by atoms with van der Waals surface area (Å²) in [4.78, 5) is 70.4. The Kier molecular flexibility index (Phi) is 11.7. The lowest BCUT2D eigenvalue weighted by atomic mass is 9.98. The maximum atomic E-state index is 13.7. The molecule has 0 radical (unpaired) electrons. The van der Waals surface area contributed by atoms with E-state index in [4.69, 9.17) is 0 Å². The molecule has 7 aromatic rings. The van der Waals surface area contributed by atoms with E-state index in [9.17, 15) is 29.4 Å². The number of carbonyl (C=O) groups excluding carboxylic acids is 2. The number of aromatic nitrogens is 4. The number of hydrogen-bond donors (Lipinski definition) is 6. The summed E-state index contributed by atoms with van der Waals surface area (Å²) in [6.45, 7) is 1.02. The van der Waals surface area contributed by atoms with Crippen molar-refractivity contribution in [3.63, 3.8) is 0 Å². The number of likely N-dealkylation sites (tertiary alicyclic amines) is 2. The second-order valence-corrected chi connectivity index (χ2v) is 16.1. The lowest BCUT2D eigenvalue weighted by molar-refractivity contribution is -0.135. The van der Waals surface area contributed by atoms with E-state index in [-0.39, 0.29) is 23.9 Å². The van der Waals surface area contributed by atoms with Gasteiger partial charge in [0.05, 0.1) is 35.9 Å². The minimum absolute atomic E-state index is 0.298. The summed E-state index contributed by atoms with van der Waals surface area (Å²) < 4.78 is 0. The summed E-state index contributed by atoms with van der Waals surface area (Å²) in [7, 11) is 0. The molecule has 5 aromatic carbocycles. The number of carboxylic acid groups (broad SMARTS) is 2. The molecule has 2 fully saturated rings. The first-order valence-electron chi connectivity index (χ1n) is 21.3. The first kappa shape index (κ1) is 41.4. The van der Waals surface area contributed by atoms with Gasteiger partial charge in [-0.1, -0.05) is 133 Å². The van der Waals surface area contributed by atoms with E-state index in [1.165, 1.54) is 0 Å². The van der Waals surface area contributed by atoms with Crippen LogP contribution in [-0.2, 0) is 9.59 Å². The van der Waals surface area contributed by atoms with Crippen molar-refractivity contribution in [2.45, 2.75) is 49.9 Å². The zero-order valence-corrected chi connectivity index (χ0v) is 34.7. The fourth-order valence-corrected chi connectivity index (χ4v) is 8.92. The maximum Gasteiger partial charge on any atom is 0.405 e. The Morgan fingerprint density at radius 2 is 0.828 bits per heavy atom. The fourth-order valence-electron chi connectivity index (χ4n) is 8.92. The summed E-state index contributed by atoms with van der Waals surface area (Å²) in [5.74, 6) is 0.726. The van der Waals surface area contributed by atoms with Gasteiger partial charge in [-0.3, -0.25) is 9.59 Å². The Bertz CT molecular complexity index is 2570. The van der Waals surface area contributed by atoms with Gasteiger partial charge in [-0.2, -0.15) is 0 Å². The number of nitrogens with zero attached hydrogens (tertiary/aromatic N) is 4. The molecule has 6 N–H and O–H groups in total. The predicted molar refractivity (Wildman–Crippen MR) is 241 cm³/mol. The lowest BCUT2D eigenvalue weighted by Crippen LogP contribution is -2.42. The first-order valence-corrected chi connectivity index (χ1v) is 21.3. The highest BCUT2D eigenvalue weighted by atomic mass is 16.4. The second kappa shape index (κ2) is 18.2. The van der Waals surface area contributed by atoms with Crippen LogP contribution in [-0.4, -0.2) is 77.0 Å². The van der Waals surface area contributed by atoms with Crippen LogP contribution in [0.4, 0.5) is 9.59 Å². The third-order valence-electron chi connectivity index (χ3n) is 12.1. The third-order valence-corrected chi connectivity index (χ3v) is 12.1. The standard InChI is InChI=1S/C50H46N8O6/c59-47(43(55-49(61)62)37-9-3-1-4-10-37)57-27-7-13-41(57)45-51-29-39(53-45)35-23-19-33(20-24-35)31-15-17-32(18-16-31)34-21-25-36(26-22-34)40-30-52-46(54-40)42-14-8-28-58(42)48(60)44(56-50(63)64)38-11-5-2-6-12-38/h1-6,9-12,15-26,29-30,41-44,55-56H,7-8,13-14,27-28H2,(H,51,53)(H,52,54)(H,61,62)(H,63,64)/t41-,42-,43+,44+/m0/s1. The molecule has 2 saturated heterocycles. The molecule has 14 heteroatoms. The van der Waals surface area contributed by atoms with Crippen molar-refractivity contribution in [1.29, 1.82) is 0 Å². The molecular formula is C50H46N8O6. The van der Waals surface area contributed by atoms with E-state index in [1.807, 2.05) is 36.4 Å². The number of benzene rings is 5. The molecule has 0 bridgehead atoms. The van der Waals surface area contributed by atoms with E-state index in [1.54, 1.807) is 70.7 Å². The molecule has 4 atom stereocenters. The predicted octanol–water partition coefficient (Wildman–Crippen LogP) is 9.15. The summed E-state index contributed by atoms with van der Waals surface area (Å²) in [6.07, 6.45) is 4.04. The normalized spacial score (nSPS) is 16.9. The average Bonchev–Trinajstić information content (AvgIpc) is 4.18. The lowest BCUT2D eigenvalue weighted by Gasteiger charge is -2.28. The molecule has 0 unspecified atom stereocenters. The molecule has 4 heterocycles. The van der Waals surface area contributed by atoms with Gasteiger partial charge >= 0.3 is 12.2 Å². The quantitative estimate of drug-likeness (QED) is 0.0700. The third kappa shape index (κ3) is 8.71. The van der Waals surface area contributed by atoms with Crippen molar-refractivity contribution in [2.75, 3.05) is 13.1 Å². The van der Waals surface area contributed by atoms with Crippen LogP contribution in [0, 0.1) is 0 Å². The molecule has 14 nitrogen and oxygen atoms in total. The van der Waals surface area contributed by atoms with E-state index >= 15 is 0 Å². The molecule has 2 aliphatic heterocycles. The van der Waals surface area contributed by atoms with Gasteiger partial charge in [0.2, 0.25) is 0 Å². The first-order chi connectivity index (χ1) is 31.2. The largest absolute Gasteiger partial charge is 0.465 e. The van der Waals surface area contributed by atoms with Crippen LogP contribution < -0.4 is 10.6 Å². The number of hydrogen-bond acceptors (Lipinski definition) is 6. The number of H-pyrrole nitrogens is 2. The van der Waals surface area contributed by atoms with Gasteiger partial charge < -0.3 is 40.6 Å². The Labute approximate surface area is 369 Å². The summed E-state index contributed by atoms with van der Waals surface area (Å²) in [6, 6.07) is 40.0. The van der Waals surface area contributed by atoms with Crippen molar-refractivity contribution in [3.05, 3.63) is 169 Å². The molecule has 4 amide bonds. The van der Waals surface area contributed by atoms with Crippen molar-refractivity contribution in [1.82, 2.24) is 40.4 Å². The van der Waals surface area contributed by atoms with Gasteiger partial charge in [0, 0.05) is 13.1 Å². The highest BCUT2D eigenvalue weighted by Crippen LogP contribution is 2.36. The van der Waals surface area contributed by atoms with Gasteiger partial charge in [-0.15, -0.1) is 0 Å². The van der Waals surface area contributed by atoms with Crippen molar-refractivity contribution in [3.8, 4) is 44.8 Å². The Hall–Kier alpha value is -8.00. The van der Waals surface area contributed by atoms with Crippen molar-refractivity contribution >= 4 is 24.0 Å². The van der Waals surface area contributed by atoms with Crippen LogP contribution in [0.5, 0.6) is 0 Å². The number of rotatable bonds is 12. The van der Waals surface area contributed by atoms with Crippen LogP contribution in [0.15, 0.2) is 146 Å². The monoisotopic (exact) mass is 854 g/mol. The van der Waals surface area contributed by atoms with Crippen LogP contribution in [0.2, 0.25) is 0 Å². The molecule has 64 heavy (non-hydrogen) atoms. The maximum absolute atomic E-state index is 13.7. The molecule has 9 rings (SSSR count). The minimum Gasteiger partial charge on any atom is -0.465 e. The highest BCUT2D eigenvalue weighted by molar-refractivity contribution is 5.88. The Morgan fingerprint density at radius 1 is 0.500 bits per heavy atom. The Balaban J connectivity index is 0.836. The fraction of sp³-hybridized carbons (Fsp3) is 0.200. The molecular weight excluding hydrogens is 809 g/mol. The average molecular weight is 855 g/mol. The van der Waals surface area contributed by atoms with Crippen molar-refractivity contribution < 1.29 is 29.4 Å². The zero-order valence-electron chi connectivity index (χ0n) is 34.7. The van der Waals surface area contributed by atoms with Crippen LogP contribution >= 0.6 is 0 Å². The summed E-state index contributed by atoms with van der Waals surface area (Å²) >= 11 is 0. The highest BCUT2D eigenvalue weighted by Gasteiger charge is 2.38. The van der Waals surface area contributed by atoms with E-state index < -0.39 is 24.3 Å². The second-order valence-electron chi connectivity index (χ2n) is 16.1. The van der Waals surface area contributed by atoms with Gasteiger partial charge in [-0.05, 0) is 70.2 Å². The molecule has 0 saturated carbocycles. The molecule has 322 valence electrons. The molecule has 0 aliphatic carbocycles. The minimum atomic E-state index is -1.26. The number of aromatic amines is 2. The summed E-state index contributed by atoms with van der Waals surface area (Å²) in [5, 5.41) is 23.8. The van der Waals surface area contributed by atoms with Gasteiger partial charge in [0.25, 0.3) is 11.8 Å². The number of nitrogens with one attached hydrogen (secondary N) is 4. The van der Waals surface area contributed by atoms with Crippen molar-refractivity contribution in [2.24, 2.45) is 0 Å². The van der Waals surface area contributed by atoms with Gasteiger partial charge in [0.1, 0.15) is 23.7 Å². The van der Waals surface area contributed by atoms with Gasteiger partial charge in [-0.25, -0.2) is 19.6 Å². The zero-order chi connectivity index (χ0) is 44.2. The number of imidazole rings is 2. The topological polar surface area (TPSA) is 197 Å². The molecule has 0 spiro atoms. The smallest absolute Gasteiger partial charge is 0.405 e. The SMILES string of the molecule is O=C(O)N[C@@H](C(=O)N1CCC[C@H]1c1ncc(-c2ccc(-c3ccc(-c4ccc(-c5cnc([C@@H]6CCCN6C(=O)[C@H](NC(=O)O)c6ccccc6)[nH]5)cc4)cc3)cc2)[nH]1)c1ccccc1. The van der Waals surface area contributed by atoms with Crippen LogP contribution in [0.25, 0.3) is 44.8 Å². The van der Waals surface area contributed by atoms with E-state index in [2.05, 4.69) is 79.1 Å². The number of carbonyl (C=O) groups is 4. The Morgan fingerprint density at radius 3 is 1.16 bits per heavy atom.